The summed E-state index contributed by atoms with van der Waals surface area (Å²) in [5, 5.41) is 0. The van der Waals surface area contributed by atoms with Crippen molar-refractivity contribution in [3.8, 4) is 0 Å². The van der Waals surface area contributed by atoms with Gasteiger partial charge in [-0.15, -0.1) is 0 Å². The van der Waals surface area contributed by atoms with E-state index in [0.717, 1.165) is 13.0 Å². The van der Waals surface area contributed by atoms with Crippen LogP contribution in [0.1, 0.15) is 20.3 Å². The summed E-state index contributed by atoms with van der Waals surface area (Å²) in [4.78, 5) is 0. The molecule has 0 aliphatic carbocycles. The van der Waals surface area contributed by atoms with Crippen molar-refractivity contribution in [1.29, 1.82) is 0 Å². The Balaban J connectivity index is 2.22. The van der Waals surface area contributed by atoms with Crippen LogP contribution >= 0.6 is 0 Å². The molecule has 0 aromatic rings. The normalized spacial score (nSPS) is 26.3. The van der Waals surface area contributed by atoms with Crippen molar-refractivity contribution in [2.45, 2.75) is 57.8 Å². The number of allylic oxidation sites excluding steroid dienone is 1. The molecule has 15 heavy (non-hydrogen) atoms. The van der Waals surface area contributed by atoms with E-state index in [-0.39, 0.29) is 11.9 Å². The van der Waals surface area contributed by atoms with Gasteiger partial charge in [0.1, 0.15) is 0 Å². The molecule has 0 spiro atoms. The molecule has 0 bridgehead atoms. The second-order valence-corrected chi connectivity index (χ2v) is 11.5. The van der Waals surface area contributed by atoms with E-state index in [2.05, 4.69) is 31.8 Å². The second kappa shape index (κ2) is 4.81. The lowest BCUT2D eigenvalue weighted by Crippen LogP contribution is -2.21. The molecule has 0 saturated carbocycles. The van der Waals surface area contributed by atoms with Gasteiger partial charge in [0.25, 0.3) is 0 Å². The fourth-order valence-electron chi connectivity index (χ4n) is 1.56. The molecule has 88 valence electrons. The van der Waals surface area contributed by atoms with Crippen LogP contribution in [0, 0.1) is 0 Å². The molecule has 1 unspecified atom stereocenters. The Labute approximate surface area is 94.7 Å². The lowest BCUT2D eigenvalue weighted by Gasteiger charge is -2.16. The molecule has 1 rings (SSSR count). The molecule has 0 amide bonds. The molecule has 1 atom stereocenters. The first-order valence-corrected chi connectivity index (χ1v) is 9.46. The van der Waals surface area contributed by atoms with Crippen molar-refractivity contribution in [3.63, 3.8) is 0 Å². The Bertz CT molecular complexity index is 228. The van der Waals surface area contributed by atoms with Gasteiger partial charge in [-0.3, -0.25) is 0 Å². The summed E-state index contributed by atoms with van der Waals surface area (Å²) >= 11 is 0. The highest BCUT2D eigenvalue weighted by atomic mass is 28.3. The number of rotatable bonds is 4. The maximum atomic E-state index is 5.72. The molecule has 1 aliphatic rings. The molecule has 0 radical (unpaired) electrons. The minimum Gasteiger partial charge on any atom is -0.348 e. The van der Waals surface area contributed by atoms with Crippen LogP contribution in [0.4, 0.5) is 0 Å². The van der Waals surface area contributed by atoms with E-state index in [1.165, 1.54) is 6.04 Å². The van der Waals surface area contributed by atoms with Gasteiger partial charge in [0.15, 0.2) is 5.79 Å². The smallest absolute Gasteiger partial charge is 0.163 e. The molecule has 1 aliphatic heterocycles. The van der Waals surface area contributed by atoms with E-state index >= 15 is 0 Å². The summed E-state index contributed by atoms with van der Waals surface area (Å²) in [6, 6.07) is 1.25. The topological polar surface area (TPSA) is 18.5 Å². The molecule has 3 heteroatoms. The summed E-state index contributed by atoms with van der Waals surface area (Å²) < 4.78 is 11.2. The van der Waals surface area contributed by atoms with Crippen LogP contribution in [0.3, 0.4) is 0 Å². The van der Waals surface area contributed by atoms with Crippen molar-refractivity contribution >= 4 is 8.07 Å². The van der Waals surface area contributed by atoms with Crippen molar-refractivity contribution in [2.75, 3.05) is 6.61 Å². The quantitative estimate of drug-likeness (QED) is 0.542. The van der Waals surface area contributed by atoms with Crippen LogP contribution in [-0.2, 0) is 9.47 Å². The Hall–Kier alpha value is -0.123. The van der Waals surface area contributed by atoms with Crippen molar-refractivity contribution in [2.24, 2.45) is 0 Å². The zero-order valence-corrected chi connectivity index (χ0v) is 11.7. The Morgan fingerprint density at radius 2 is 1.93 bits per heavy atom. The Kier molecular flexibility index (Phi) is 4.15. The van der Waals surface area contributed by atoms with Gasteiger partial charge < -0.3 is 9.47 Å². The maximum absolute atomic E-state index is 5.72. The first-order valence-electron chi connectivity index (χ1n) is 5.75. The average Bonchev–Trinajstić information content (AvgIpc) is 2.38. The van der Waals surface area contributed by atoms with Gasteiger partial charge in [-0.25, -0.2) is 0 Å². The van der Waals surface area contributed by atoms with E-state index < -0.39 is 8.07 Å². The van der Waals surface area contributed by atoms with Crippen molar-refractivity contribution in [3.05, 3.63) is 12.2 Å². The SMILES string of the molecule is CC1(C)OCC(C/C=C/C[Si](C)(C)C)O1. The first-order chi connectivity index (χ1) is 6.79. The second-order valence-electron chi connectivity index (χ2n) is 5.92. The molecule has 0 aromatic carbocycles. The van der Waals surface area contributed by atoms with Crippen molar-refractivity contribution < 1.29 is 9.47 Å². The van der Waals surface area contributed by atoms with Crippen LogP contribution in [0.25, 0.3) is 0 Å². The molecular weight excluding hydrogens is 204 g/mol. The number of hydrogen-bond donors (Lipinski definition) is 0. The zero-order chi connectivity index (χ0) is 11.5. The van der Waals surface area contributed by atoms with E-state index in [0.29, 0.717) is 0 Å². The lowest BCUT2D eigenvalue weighted by molar-refractivity contribution is -0.137. The standard InChI is InChI=1S/C12H24O2Si/c1-12(2)13-10-11(14-12)8-6-7-9-15(3,4)5/h6-7,11H,8-10H2,1-5H3/b7-6+. The third-order valence-electron chi connectivity index (χ3n) is 2.36. The van der Waals surface area contributed by atoms with Gasteiger partial charge in [0, 0.05) is 8.07 Å². The molecule has 0 aromatic heterocycles. The number of hydrogen-bond acceptors (Lipinski definition) is 2. The van der Waals surface area contributed by atoms with Gasteiger partial charge in [-0.1, -0.05) is 31.8 Å². The zero-order valence-electron chi connectivity index (χ0n) is 10.7. The van der Waals surface area contributed by atoms with Crippen LogP contribution in [0.5, 0.6) is 0 Å². The number of ether oxygens (including phenoxy) is 2. The van der Waals surface area contributed by atoms with Crippen LogP contribution in [0.15, 0.2) is 12.2 Å². The Morgan fingerprint density at radius 1 is 1.27 bits per heavy atom. The molecule has 2 nitrogen and oxygen atoms in total. The summed E-state index contributed by atoms with van der Waals surface area (Å²) in [5.74, 6) is -0.378. The van der Waals surface area contributed by atoms with Gasteiger partial charge in [0.05, 0.1) is 12.7 Å². The predicted octanol–water partition coefficient (Wildman–Crippen LogP) is 3.42. The first kappa shape index (κ1) is 12.9. The van der Waals surface area contributed by atoms with Crippen LogP contribution < -0.4 is 0 Å². The largest absolute Gasteiger partial charge is 0.348 e. The van der Waals surface area contributed by atoms with Crippen LogP contribution in [-0.4, -0.2) is 26.6 Å². The van der Waals surface area contributed by atoms with Crippen LogP contribution in [0.2, 0.25) is 25.7 Å². The highest BCUT2D eigenvalue weighted by molar-refractivity contribution is 6.76. The average molecular weight is 228 g/mol. The minimum atomic E-state index is -0.921. The summed E-state index contributed by atoms with van der Waals surface area (Å²) in [6.07, 6.45) is 5.78. The molecule has 0 N–H and O–H groups in total. The monoisotopic (exact) mass is 228 g/mol. The third-order valence-corrected chi connectivity index (χ3v) is 3.82. The highest BCUT2D eigenvalue weighted by Gasteiger charge is 2.31. The van der Waals surface area contributed by atoms with Gasteiger partial charge >= 0.3 is 0 Å². The van der Waals surface area contributed by atoms with Crippen molar-refractivity contribution in [1.82, 2.24) is 0 Å². The molecular formula is C12H24O2Si. The minimum absolute atomic E-state index is 0.248. The summed E-state index contributed by atoms with van der Waals surface area (Å²) in [7, 11) is -0.921. The fraction of sp³-hybridized carbons (Fsp3) is 0.833. The van der Waals surface area contributed by atoms with E-state index in [4.69, 9.17) is 9.47 Å². The molecule has 1 saturated heterocycles. The van der Waals surface area contributed by atoms with Gasteiger partial charge in [-0.05, 0) is 26.3 Å². The lowest BCUT2D eigenvalue weighted by atomic mass is 10.2. The van der Waals surface area contributed by atoms with E-state index in [9.17, 15) is 0 Å². The molecule has 1 heterocycles. The summed E-state index contributed by atoms with van der Waals surface area (Å²) in [6.45, 7) is 11.8. The summed E-state index contributed by atoms with van der Waals surface area (Å²) in [5.41, 5.74) is 0. The highest BCUT2D eigenvalue weighted by Crippen LogP contribution is 2.24. The predicted molar refractivity (Wildman–Crippen MR) is 66.8 cm³/mol. The molecule has 1 fully saturated rings. The van der Waals surface area contributed by atoms with E-state index in [1.54, 1.807) is 0 Å². The van der Waals surface area contributed by atoms with E-state index in [1.807, 2.05) is 13.8 Å². The van der Waals surface area contributed by atoms with Gasteiger partial charge in [-0.2, -0.15) is 0 Å². The van der Waals surface area contributed by atoms with Gasteiger partial charge in [0.2, 0.25) is 0 Å². The Morgan fingerprint density at radius 3 is 2.40 bits per heavy atom. The maximum Gasteiger partial charge on any atom is 0.163 e. The third kappa shape index (κ3) is 5.49. The fourth-order valence-corrected chi connectivity index (χ4v) is 2.44.